The monoisotopic (exact) mass is 267 g/mol. The molecule has 1 saturated carbocycles. The molecule has 5 heteroatoms. The smallest absolute Gasteiger partial charge is 0.211 e. The van der Waals surface area contributed by atoms with Gasteiger partial charge >= 0.3 is 0 Å². The highest BCUT2D eigenvalue weighted by Gasteiger charge is 2.48. The topological polar surface area (TPSA) is 37.4 Å². The van der Waals surface area contributed by atoms with E-state index in [4.69, 9.17) is 0 Å². The summed E-state index contributed by atoms with van der Waals surface area (Å²) in [4.78, 5) is 0. The third kappa shape index (κ3) is 1.66. The van der Waals surface area contributed by atoms with Gasteiger partial charge in [-0.1, -0.05) is 28.8 Å². The minimum Gasteiger partial charge on any atom is -0.211 e. The van der Waals surface area contributed by atoms with Crippen molar-refractivity contribution in [1.82, 2.24) is 4.31 Å². The predicted octanol–water partition coefficient (Wildman–Crippen LogP) is 1.54. The second kappa shape index (κ2) is 3.21. The summed E-state index contributed by atoms with van der Waals surface area (Å²) in [6.07, 6.45) is 5.01. The van der Waals surface area contributed by atoms with Crippen LogP contribution in [0.2, 0.25) is 0 Å². The number of halogens is 1. The van der Waals surface area contributed by atoms with E-state index in [-0.39, 0.29) is 4.66 Å². The fourth-order valence-corrected chi connectivity index (χ4v) is 4.36. The second-order valence-electron chi connectivity index (χ2n) is 4.20. The molecule has 2 aliphatic rings. The van der Waals surface area contributed by atoms with Crippen LogP contribution in [0, 0.1) is 5.41 Å². The van der Waals surface area contributed by atoms with Crippen molar-refractivity contribution in [3.63, 3.8) is 0 Å². The van der Waals surface area contributed by atoms with Gasteiger partial charge < -0.3 is 0 Å². The summed E-state index contributed by atoms with van der Waals surface area (Å²) in [7, 11) is -2.97. The number of alkyl halides is 1. The average molecular weight is 268 g/mol. The standard InChI is InChI=1S/C8H14BrNO2S/c9-7-13(11,12)10-5-8(6-10)3-1-2-4-8/h1-7H2. The fourth-order valence-electron chi connectivity index (χ4n) is 2.41. The highest BCUT2D eigenvalue weighted by atomic mass is 79.9. The van der Waals surface area contributed by atoms with Gasteiger partial charge in [0.1, 0.15) is 4.66 Å². The Morgan fingerprint density at radius 2 is 1.77 bits per heavy atom. The molecule has 0 radical (unpaired) electrons. The van der Waals surface area contributed by atoms with Crippen LogP contribution < -0.4 is 0 Å². The van der Waals surface area contributed by atoms with Crippen LogP contribution in [0.5, 0.6) is 0 Å². The molecule has 2 fully saturated rings. The van der Waals surface area contributed by atoms with Crippen LogP contribution in [0.15, 0.2) is 0 Å². The van der Waals surface area contributed by atoms with E-state index in [1.54, 1.807) is 4.31 Å². The lowest BCUT2D eigenvalue weighted by molar-refractivity contribution is 0.0783. The first kappa shape index (κ1) is 9.93. The van der Waals surface area contributed by atoms with Crippen LogP contribution in [0.1, 0.15) is 25.7 Å². The van der Waals surface area contributed by atoms with Crippen molar-refractivity contribution >= 4 is 26.0 Å². The molecule has 1 spiro atoms. The fraction of sp³-hybridized carbons (Fsp3) is 1.00. The van der Waals surface area contributed by atoms with Crippen molar-refractivity contribution in [3.05, 3.63) is 0 Å². The molecule has 0 amide bonds. The summed E-state index contributed by atoms with van der Waals surface area (Å²) >= 11 is 3.01. The molecule has 1 aliphatic carbocycles. The van der Waals surface area contributed by atoms with Gasteiger partial charge in [-0.05, 0) is 18.3 Å². The summed E-state index contributed by atoms with van der Waals surface area (Å²) in [6, 6.07) is 0. The zero-order chi connectivity index (χ0) is 9.53. The van der Waals surface area contributed by atoms with Gasteiger partial charge in [-0.3, -0.25) is 0 Å². The minimum absolute atomic E-state index is 0.0656. The molecule has 1 aliphatic heterocycles. The first-order chi connectivity index (χ1) is 6.08. The Bertz CT molecular complexity index is 287. The van der Waals surface area contributed by atoms with Crippen LogP contribution in [0.4, 0.5) is 0 Å². The summed E-state index contributed by atoms with van der Waals surface area (Å²) in [5.74, 6) is 0. The zero-order valence-electron chi connectivity index (χ0n) is 7.50. The Morgan fingerprint density at radius 3 is 2.23 bits per heavy atom. The zero-order valence-corrected chi connectivity index (χ0v) is 9.90. The maximum absolute atomic E-state index is 11.4. The van der Waals surface area contributed by atoms with Crippen molar-refractivity contribution in [1.29, 1.82) is 0 Å². The van der Waals surface area contributed by atoms with E-state index >= 15 is 0 Å². The largest absolute Gasteiger partial charge is 0.224 e. The normalized spacial score (nSPS) is 27.8. The van der Waals surface area contributed by atoms with Crippen molar-refractivity contribution in [2.24, 2.45) is 5.41 Å². The van der Waals surface area contributed by atoms with Gasteiger partial charge in [0.15, 0.2) is 0 Å². The van der Waals surface area contributed by atoms with E-state index in [9.17, 15) is 8.42 Å². The molecule has 0 N–H and O–H groups in total. The highest BCUT2D eigenvalue weighted by Crippen LogP contribution is 2.46. The van der Waals surface area contributed by atoms with Crippen LogP contribution in [-0.4, -0.2) is 30.5 Å². The molecule has 0 aromatic heterocycles. The SMILES string of the molecule is O=S(=O)(CBr)N1CC2(CCCC2)C1. The van der Waals surface area contributed by atoms with Gasteiger partial charge in [0.25, 0.3) is 0 Å². The van der Waals surface area contributed by atoms with Gasteiger partial charge in [-0.25, -0.2) is 8.42 Å². The molecule has 1 heterocycles. The Kier molecular flexibility index (Phi) is 2.45. The molecule has 13 heavy (non-hydrogen) atoms. The van der Waals surface area contributed by atoms with E-state index in [1.807, 2.05) is 0 Å². The third-order valence-corrected chi connectivity index (χ3v) is 6.28. The first-order valence-electron chi connectivity index (χ1n) is 4.62. The van der Waals surface area contributed by atoms with E-state index in [0.29, 0.717) is 5.41 Å². The number of rotatable bonds is 2. The Balaban J connectivity index is 1.98. The maximum atomic E-state index is 11.4. The van der Waals surface area contributed by atoms with Crippen LogP contribution in [-0.2, 0) is 10.0 Å². The van der Waals surface area contributed by atoms with E-state index in [2.05, 4.69) is 15.9 Å². The lowest BCUT2D eigenvalue weighted by atomic mass is 9.80. The molecule has 0 bridgehead atoms. The van der Waals surface area contributed by atoms with Crippen LogP contribution in [0.25, 0.3) is 0 Å². The number of hydrogen-bond acceptors (Lipinski definition) is 2. The average Bonchev–Trinajstić information content (AvgIpc) is 2.49. The van der Waals surface area contributed by atoms with Gasteiger partial charge in [0.2, 0.25) is 10.0 Å². The minimum atomic E-state index is -2.97. The Hall–Kier alpha value is 0.390. The Morgan fingerprint density at radius 1 is 1.23 bits per heavy atom. The van der Waals surface area contributed by atoms with Crippen molar-refractivity contribution < 1.29 is 8.42 Å². The first-order valence-corrected chi connectivity index (χ1v) is 7.35. The molecule has 0 aromatic rings. The molecule has 0 aromatic carbocycles. The van der Waals surface area contributed by atoms with Crippen molar-refractivity contribution in [2.75, 3.05) is 17.8 Å². The van der Waals surface area contributed by atoms with Crippen LogP contribution in [0.3, 0.4) is 0 Å². The third-order valence-electron chi connectivity index (χ3n) is 3.22. The van der Waals surface area contributed by atoms with E-state index in [1.165, 1.54) is 25.7 Å². The molecule has 76 valence electrons. The maximum Gasteiger partial charge on any atom is 0.224 e. The van der Waals surface area contributed by atoms with Crippen LogP contribution >= 0.6 is 15.9 Å². The molecular formula is C8H14BrNO2S. The second-order valence-corrected chi connectivity index (χ2v) is 7.47. The Labute approximate surface area is 87.7 Å². The predicted molar refractivity (Wildman–Crippen MR) is 55.2 cm³/mol. The number of nitrogens with zero attached hydrogens (tertiary/aromatic N) is 1. The highest BCUT2D eigenvalue weighted by molar-refractivity contribution is 9.10. The van der Waals surface area contributed by atoms with Gasteiger partial charge in [0, 0.05) is 13.1 Å². The molecule has 3 nitrogen and oxygen atoms in total. The molecular weight excluding hydrogens is 254 g/mol. The lowest BCUT2D eigenvalue weighted by Crippen LogP contribution is -2.57. The molecule has 1 saturated heterocycles. The number of sulfonamides is 1. The summed E-state index contributed by atoms with van der Waals surface area (Å²) in [5.41, 5.74) is 0.370. The van der Waals surface area contributed by atoms with Gasteiger partial charge in [-0.15, -0.1) is 0 Å². The quantitative estimate of drug-likeness (QED) is 0.712. The van der Waals surface area contributed by atoms with Gasteiger partial charge in [-0.2, -0.15) is 4.31 Å². The molecule has 0 atom stereocenters. The van der Waals surface area contributed by atoms with Crippen molar-refractivity contribution in [2.45, 2.75) is 25.7 Å². The molecule has 2 rings (SSSR count). The summed E-state index contributed by atoms with van der Waals surface area (Å²) in [6.45, 7) is 1.53. The summed E-state index contributed by atoms with van der Waals surface area (Å²) < 4.78 is 24.5. The van der Waals surface area contributed by atoms with E-state index < -0.39 is 10.0 Å². The number of hydrogen-bond donors (Lipinski definition) is 0. The van der Waals surface area contributed by atoms with Crippen molar-refractivity contribution in [3.8, 4) is 0 Å². The van der Waals surface area contributed by atoms with Gasteiger partial charge in [0.05, 0.1) is 0 Å². The summed E-state index contributed by atoms with van der Waals surface area (Å²) in [5, 5.41) is 0. The lowest BCUT2D eigenvalue weighted by Gasteiger charge is -2.46. The van der Waals surface area contributed by atoms with E-state index in [0.717, 1.165) is 13.1 Å². The molecule has 0 unspecified atom stereocenters.